The van der Waals surface area contributed by atoms with Gasteiger partial charge in [0.1, 0.15) is 12.1 Å². The lowest BCUT2D eigenvalue weighted by Gasteiger charge is -2.29. The summed E-state index contributed by atoms with van der Waals surface area (Å²) in [6.07, 6.45) is 5.49. The van der Waals surface area contributed by atoms with Crippen LogP contribution in [0.5, 0.6) is 0 Å². The second-order valence-electron chi connectivity index (χ2n) is 3.16. The maximum atomic E-state index is 8.79. The van der Waals surface area contributed by atoms with Crippen molar-refractivity contribution in [3.05, 3.63) is 10.6 Å². The molecule has 0 N–H and O–H groups in total. The summed E-state index contributed by atoms with van der Waals surface area (Å²) in [5.41, 5.74) is 0.249. The number of rotatable bonds is 2. The van der Waals surface area contributed by atoms with Crippen molar-refractivity contribution in [2.24, 2.45) is 0 Å². The van der Waals surface area contributed by atoms with Crippen molar-refractivity contribution in [3.8, 4) is 12.1 Å². The van der Waals surface area contributed by atoms with Crippen LogP contribution >= 0.6 is 11.8 Å². The van der Waals surface area contributed by atoms with E-state index in [4.69, 9.17) is 10.5 Å². The molecule has 3 nitrogen and oxygen atoms in total. The van der Waals surface area contributed by atoms with E-state index in [1.807, 2.05) is 18.4 Å². The second-order valence-corrected chi connectivity index (χ2v) is 3.95. The van der Waals surface area contributed by atoms with Crippen molar-refractivity contribution in [2.75, 3.05) is 19.3 Å². The Balaban J connectivity index is 2.85. The van der Waals surface area contributed by atoms with E-state index in [1.54, 1.807) is 0 Å². The molecule has 0 unspecified atom stereocenters. The van der Waals surface area contributed by atoms with Crippen molar-refractivity contribution >= 4 is 11.8 Å². The molecule has 0 amide bonds. The summed E-state index contributed by atoms with van der Waals surface area (Å²) in [5, 5.41) is 18.4. The lowest BCUT2D eigenvalue weighted by Crippen LogP contribution is -2.28. The normalized spacial score (nSPS) is 15.5. The van der Waals surface area contributed by atoms with Crippen LogP contribution in [0.2, 0.25) is 0 Å². The number of likely N-dealkylation sites (tertiary alicyclic amines) is 1. The SMILES string of the molecule is CSC(=C(C#N)C#N)N1CCCCC1. The Kier molecular flexibility index (Phi) is 4.35. The molecule has 14 heavy (non-hydrogen) atoms. The molecular weight excluding hydrogens is 194 g/mol. The number of thioether (sulfide) groups is 1. The Hall–Kier alpha value is -1.13. The number of hydrogen-bond acceptors (Lipinski definition) is 4. The molecule has 1 aliphatic heterocycles. The van der Waals surface area contributed by atoms with Gasteiger partial charge in [-0.2, -0.15) is 10.5 Å². The van der Waals surface area contributed by atoms with E-state index in [9.17, 15) is 0 Å². The van der Waals surface area contributed by atoms with Gasteiger partial charge in [-0.3, -0.25) is 0 Å². The van der Waals surface area contributed by atoms with Crippen LogP contribution in [0.25, 0.3) is 0 Å². The second kappa shape index (κ2) is 5.57. The molecule has 0 spiro atoms. The molecule has 0 bridgehead atoms. The summed E-state index contributed by atoms with van der Waals surface area (Å²) in [6.45, 7) is 1.95. The number of nitrogens with zero attached hydrogens (tertiary/aromatic N) is 3. The van der Waals surface area contributed by atoms with Crippen molar-refractivity contribution in [2.45, 2.75) is 19.3 Å². The van der Waals surface area contributed by atoms with Crippen LogP contribution in [0.3, 0.4) is 0 Å². The molecule has 0 aliphatic carbocycles. The van der Waals surface area contributed by atoms with Crippen LogP contribution in [0.15, 0.2) is 10.6 Å². The first-order chi connectivity index (χ1) is 6.83. The van der Waals surface area contributed by atoms with Gasteiger partial charge in [0.2, 0.25) is 0 Å². The van der Waals surface area contributed by atoms with Crippen LogP contribution < -0.4 is 0 Å². The zero-order valence-electron chi connectivity index (χ0n) is 8.29. The fourth-order valence-corrected chi connectivity index (χ4v) is 2.34. The maximum Gasteiger partial charge on any atom is 0.159 e. The average molecular weight is 207 g/mol. The Bertz CT molecular complexity index is 286. The molecule has 1 fully saturated rings. The van der Waals surface area contributed by atoms with E-state index in [0.717, 1.165) is 31.0 Å². The minimum Gasteiger partial charge on any atom is -0.365 e. The molecule has 1 aliphatic rings. The number of piperidine rings is 1. The van der Waals surface area contributed by atoms with Gasteiger partial charge in [0.15, 0.2) is 5.57 Å². The lowest BCUT2D eigenvalue weighted by atomic mass is 10.1. The zero-order chi connectivity index (χ0) is 10.4. The Labute approximate surface area is 89.0 Å². The van der Waals surface area contributed by atoms with Gasteiger partial charge in [0.25, 0.3) is 0 Å². The van der Waals surface area contributed by atoms with Gasteiger partial charge in [-0.05, 0) is 25.5 Å². The molecule has 74 valence electrons. The van der Waals surface area contributed by atoms with Crippen LogP contribution in [0.4, 0.5) is 0 Å². The summed E-state index contributed by atoms with van der Waals surface area (Å²) in [5.74, 6) is 0. The van der Waals surface area contributed by atoms with E-state index < -0.39 is 0 Å². The minimum atomic E-state index is 0.249. The number of hydrogen-bond donors (Lipinski definition) is 0. The Morgan fingerprint density at radius 3 is 2.14 bits per heavy atom. The third kappa shape index (κ3) is 2.43. The van der Waals surface area contributed by atoms with E-state index in [0.29, 0.717) is 0 Å². The highest BCUT2D eigenvalue weighted by atomic mass is 32.2. The standard InChI is InChI=1S/C10H13N3S/c1-14-10(9(7-11)8-12)13-5-3-2-4-6-13/h2-6H2,1H3. The summed E-state index contributed by atoms with van der Waals surface area (Å²) in [4.78, 5) is 2.15. The highest BCUT2D eigenvalue weighted by molar-refractivity contribution is 8.02. The summed E-state index contributed by atoms with van der Waals surface area (Å²) >= 11 is 1.49. The molecule has 0 atom stereocenters. The van der Waals surface area contributed by atoms with Crippen LogP contribution in [0.1, 0.15) is 19.3 Å². The van der Waals surface area contributed by atoms with Crippen molar-refractivity contribution in [1.29, 1.82) is 10.5 Å². The molecule has 1 saturated heterocycles. The number of nitriles is 2. The lowest BCUT2D eigenvalue weighted by molar-refractivity contribution is 0.302. The van der Waals surface area contributed by atoms with Gasteiger partial charge in [-0.25, -0.2) is 0 Å². The fraction of sp³-hybridized carbons (Fsp3) is 0.600. The largest absolute Gasteiger partial charge is 0.365 e. The zero-order valence-corrected chi connectivity index (χ0v) is 9.10. The molecule has 0 aromatic carbocycles. The maximum absolute atomic E-state index is 8.79. The van der Waals surface area contributed by atoms with Gasteiger partial charge >= 0.3 is 0 Å². The van der Waals surface area contributed by atoms with Crippen molar-refractivity contribution < 1.29 is 0 Å². The van der Waals surface area contributed by atoms with E-state index in [2.05, 4.69) is 4.90 Å². The van der Waals surface area contributed by atoms with Crippen molar-refractivity contribution in [3.63, 3.8) is 0 Å². The van der Waals surface area contributed by atoms with Crippen LogP contribution in [-0.4, -0.2) is 24.2 Å². The smallest absolute Gasteiger partial charge is 0.159 e. The molecule has 0 saturated carbocycles. The third-order valence-corrected chi connectivity index (χ3v) is 3.12. The van der Waals surface area contributed by atoms with Gasteiger partial charge < -0.3 is 4.90 Å². The first-order valence-corrected chi connectivity index (χ1v) is 5.89. The fourth-order valence-electron chi connectivity index (χ4n) is 1.61. The minimum absolute atomic E-state index is 0.249. The Morgan fingerprint density at radius 2 is 1.71 bits per heavy atom. The predicted molar refractivity (Wildman–Crippen MR) is 57.2 cm³/mol. The molecule has 0 radical (unpaired) electrons. The van der Waals surface area contributed by atoms with E-state index in [-0.39, 0.29) is 5.57 Å². The van der Waals surface area contributed by atoms with E-state index >= 15 is 0 Å². The molecule has 1 rings (SSSR count). The van der Waals surface area contributed by atoms with Gasteiger partial charge in [0.05, 0.1) is 5.03 Å². The summed E-state index contributed by atoms with van der Waals surface area (Å²) in [7, 11) is 0. The molecular formula is C10H13N3S. The Morgan fingerprint density at radius 1 is 1.14 bits per heavy atom. The predicted octanol–water partition coefficient (Wildman–Crippen LogP) is 2.09. The quantitative estimate of drug-likeness (QED) is 0.651. The highest BCUT2D eigenvalue weighted by Gasteiger charge is 2.16. The average Bonchev–Trinajstić information content (AvgIpc) is 2.27. The van der Waals surface area contributed by atoms with Gasteiger partial charge in [-0.1, -0.05) is 0 Å². The molecule has 1 heterocycles. The molecule has 0 aromatic heterocycles. The van der Waals surface area contributed by atoms with Crippen molar-refractivity contribution in [1.82, 2.24) is 4.90 Å². The molecule has 4 heteroatoms. The first-order valence-electron chi connectivity index (χ1n) is 4.67. The van der Waals surface area contributed by atoms with Crippen LogP contribution in [0, 0.1) is 22.7 Å². The summed E-state index contributed by atoms with van der Waals surface area (Å²) in [6, 6.07) is 3.91. The third-order valence-electron chi connectivity index (χ3n) is 2.27. The highest BCUT2D eigenvalue weighted by Crippen LogP contribution is 2.24. The first kappa shape index (κ1) is 10.9. The van der Waals surface area contributed by atoms with Gasteiger partial charge in [-0.15, -0.1) is 11.8 Å². The monoisotopic (exact) mass is 207 g/mol. The van der Waals surface area contributed by atoms with Gasteiger partial charge in [0, 0.05) is 13.1 Å². The van der Waals surface area contributed by atoms with E-state index in [1.165, 1.54) is 18.2 Å². The topological polar surface area (TPSA) is 50.8 Å². The van der Waals surface area contributed by atoms with Crippen LogP contribution in [-0.2, 0) is 0 Å². The number of allylic oxidation sites excluding steroid dienone is 1. The molecule has 0 aromatic rings. The summed E-state index contributed by atoms with van der Waals surface area (Å²) < 4.78 is 0.